The fourth-order valence-electron chi connectivity index (χ4n) is 2.56. The number of rotatable bonds is 12. The fourth-order valence-corrected chi connectivity index (χ4v) is 2.56. The van der Waals surface area contributed by atoms with Gasteiger partial charge in [0.05, 0.1) is 0 Å². The molecule has 12 nitrogen and oxygen atoms in total. The van der Waals surface area contributed by atoms with Crippen LogP contribution >= 0.6 is 0 Å². The molecule has 0 aliphatic rings. The normalized spacial score (nSPS) is 16.6. The molecule has 6 atom stereocenters. The minimum absolute atomic E-state index is 0.0364. The summed E-state index contributed by atoms with van der Waals surface area (Å²) in [6.07, 6.45) is 0. The van der Waals surface area contributed by atoms with Crippen molar-refractivity contribution in [1.82, 2.24) is 0 Å². The van der Waals surface area contributed by atoms with Crippen molar-refractivity contribution in [2.75, 3.05) is 19.8 Å². The predicted octanol–water partition coefficient (Wildman–Crippen LogP) is -1.64. The lowest BCUT2D eigenvalue weighted by molar-refractivity contribution is -0.146. The molecule has 0 spiro atoms. The van der Waals surface area contributed by atoms with Crippen molar-refractivity contribution in [2.45, 2.75) is 57.0 Å². The Hall–Kier alpha value is -2.61. The van der Waals surface area contributed by atoms with Gasteiger partial charge in [0.25, 0.3) is 0 Å². The van der Waals surface area contributed by atoms with E-state index in [0.29, 0.717) is 0 Å². The summed E-state index contributed by atoms with van der Waals surface area (Å²) >= 11 is 0. The molecule has 1 aromatic rings. The zero-order valence-electron chi connectivity index (χ0n) is 19.2. The first-order valence-corrected chi connectivity index (χ1v) is 10.5. The number of benzene rings is 1. The maximum atomic E-state index is 12.4. The van der Waals surface area contributed by atoms with Gasteiger partial charge in [-0.3, -0.25) is 0 Å². The Balaban J connectivity index is 3.28. The van der Waals surface area contributed by atoms with Crippen molar-refractivity contribution < 1.29 is 28.6 Å². The summed E-state index contributed by atoms with van der Waals surface area (Å²) in [4.78, 5) is 37.1. The van der Waals surface area contributed by atoms with E-state index in [1.165, 1.54) is 18.2 Å². The van der Waals surface area contributed by atoms with Crippen molar-refractivity contribution in [3.63, 3.8) is 0 Å². The third-order valence-corrected chi connectivity index (χ3v) is 4.30. The van der Waals surface area contributed by atoms with E-state index < -0.39 is 36.0 Å². The van der Waals surface area contributed by atoms with Crippen molar-refractivity contribution >= 4 is 17.9 Å². The SMILES string of the molecule is CC(N)COC(=O)C(N)c1cc(C(N)C(=O)OCC(C)N)cc(C(N)C(=O)OCC(C)N)c1. The molecule has 0 radical (unpaired) electrons. The molecule has 6 unspecified atom stereocenters. The smallest absolute Gasteiger partial charge is 0.327 e. The largest absolute Gasteiger partial charge is 0.463 e. The molecule has 0 saturated carbocycles. The van der Waals surface area contributed by atoms with Crippen molar-refractivity contribution in [1.29, 1.82) is 0 Å². The summed E-state index contributed by atoms with van der Waals surface area (Å²) in [5.74, 6) is -2.26. The van der Waals surface area contributed by atoms with E-state index in [4.69, 9.17) is 48.6 Å². The topological polar surface area (TPSA) is 235 Å². The molecule has 12 N–H and O–H groups in total. The van der Waals surface area contributed by atoms with Crippen LogP contribution in [0.15, 0.2) is 18.2 Å². The van der Waals surface area contributed by atoms with Gasteiger partial charge >= 0.3 is 17.9 Å². The number of ether oxygens (including phenoxy) is 3. The van der Waals surface area contributed by atoms with E-state index in [-0.39, 0.29) is 54.6 Å². The Morgan fingerprint density at radius 1 is 0.576 bits per heavy atom. The van der Waals surface area contributed by atoms with Gasteiger partial charge in [0.1, 0.15) is 37.9 Å². The lowest BCUT2D eigenvalue weighted by Gasteiger charge is -2.20. The molecule has 0 aliphatic heterocycles. The number of carbonyl (C=O) groups excluding carboxylic acids is 3. The molecule has 0 fully saturated rings. The number of carbonyl (C=O) groups is 3. The molecule has 33 heavy (non-hydrogen) atoms. The van der Waals surface area contributed by atoms with Crippen molar-refractivity contribution in [2.24, 2.45) is 34.4 Å². The number of esters is 3. The van der Waals surface area contributed by atoms with E-state index in [1.807, 2.05) is 0 Å². The van der Waals surface area contributed by atoms with E-state index in [2.05, 4.69) is 0 Å². The van der Waals surface area contributed by atoms with Gasteiger partial charge in [-0.25, -0.2) is 14.4 Å². The summed E-state index contributed by atoms with van der Waals surface area (Å²) in [6.45, 7) is 4.88. The van der Waals surface area contributed by atoms with Gasteiger partial charge in [-0.2, -0.15) is 0 Å². The zero-order valence-corrected chi connectivity index (χ0v) is 19.2. The third kappa shape index (κ3) is 9.42. The Morgan fingerprint density at radius 2 is 0.788 bits per heavy atom. The van der Waals surface area contributed by atoms with Gasteiger partial charge in [0.2, 0.25) is 0 Å². The van der Waals surface area contributed by atoms with Crippen LogP contribution in [0.4, 0.5) is 0 Å². The molecule has 1 rings (SSSR count). The fraction of sp³-hybridized carbons (Fsp3) is 0.571. The van der Waals surface area contributed by atoms with E-state index in [9.17, 15) is 14.4 Å². The summed E-state index contributed by atoms with van der Waals surface area (Å²) in [7, 11) is 0. The Kier molecular flexibility index (Phi) is 11.4. The summed E-state index contributed by atoms with van der Waals surface area (Å²) in [5.41, 5.74) is 35.6. The Bertz CT molecular complexity index is 699. The molecular weight excluding hydrogens is 432 g/mol. The van der Waals surface area contributed by atoms with Crippen LogP contribution < -0.4 is 34.4 Å². The summed E-state index contributed by atoms with van der Waals surface area (Å²) in [6, 6.07) is -0.568. The van der Waals surface area contributed by atoms with Gasteiger partial charge in [-0.15, -0.1) is 0 Å². The number of hydrogen-bond acceptors (Lipinski definition) is 12. The van der Waals surface area contributed by atoms with E-state index in [1.54, 1.807) is 20.8 Å². The Labute approximate surface area is 193 Å². The molecule has 0 saturated heterocycles. The summed E-state index contributed by atoms with van der Waals surface area (Å²) < 4.78 is 15.2. The average molecular weight is 469 g/mol. The van der Waals surface area contributed by atoms with Crippen LogP contribution in [0.25, 0.3) is 0 Å². The van der Waals surface area contributed by atoms with Crippen molar-refractivity contribution in [3.05, 3.63) is 34.9 Å². The molecule has 0 heterocycles. The van der Waals surface area contributed by atoms with Crippen LogP contribution in [0.1, 0.15) is 55.6 Å². The highest BCUT2D eigenvalue weighted by molar-refractivity contribution is 5.81. The van der Waals surface area contributed by atoms with Crippen LogP contribution in [-0.4, -0.2) is 55.9 Å². The van der Waals surface area contributed by atoms with Gasteiger partial charge in [-0.1, -0.05) is 18.2 Å². The number of hydrogen-bond donors (Lipinski definition) is 6. The number of nitrogens with two attached hydrogens (primary N) is 6. The van der Waals surface area contributed by atoms with Gasteiger partial charge in [0.15, 0.2) is 0 Å². The second-order valence-corrected chi connectivity index (χ2v) is 8.19. The molecule has 0 bridgehead atoms. The molecule has 0 aliphatic carbocycles. The molecule has 186 valence electrons. The molecule has 0 amide bonds. The second kappa shape index (κ2) is 13.2. The van der Waals surface area contributed by atoms with Gasteiger partial charge in [-0.05, 0) is 37.5 Å². The highest BCUT2D eigenvalue weighted by atomic mass is 16.5. The first-order chi connectivity index (χ1) is 15.3. The first kappa shape index (κ1) is 28.4. The van der Waals surface area contributed by atoms with Crippen LogP contribution in [0.3, 0.4) is 0 Å². The standard InChI is InChI=1S/C21H36N6O6/c1-10(22)7-31-19(28)16(25)13-4-14(17(26)20(29)32-8-11(2)23)6-15(5-13)18(27)21(30)33-9-12(3)24/h4-6,10-12,16-18H,7-9,22-27H2,1-3H3. The second-order valence-electron chi connectivity index (χ2n) is 8.19. The lowest BCUT2D eigenvalue weighted by atomic mass is 9.94. The minimum Gasteiger partial charge on any atom is -0.463 e. The molecule has 1 aromatic carbocycles. The lowest BCUT2D eigenvalue weighted by Crippen LogP contribution is -2.32. The van der Waals surface area contributed by atoms with Gasteiger partial charge < -0.3 is 48.6 Å². The molecule has 12 heteroatoms. The van der Waals surface area contributed by atoms with E-state index in [0.717, 1.165) is 0 Å². The minimum atomic E-state index is -1.25. The van der Waals surface area contributed by atoms with Crippen LogP contribution in [-0.2, 0) is 28.6 Å². The first-order valence-electron chi connectivity index (χ1n) is 10.5. The monoisotopic (exact) mass is 468 g/mol. The zero-order chi connectivity index (χ0) is 25.3. The predicted molar refractivity (Wildman–Crippen MR) is 121 cm³/mol. The molecule has 0 aromatic heterocycles. The highest BCUT2D eigenvalue weighted by Crippen LogP contribution is 2.25. The molecular formula is C21H36N6O6. The Morgan fingerprint density at radius 3 is 0.970 bits per heavy atom. The maximum absolute atomic E-state index is 12.4. The van der Waals surface area contributed by atoms with Crippen LogP contribution in [0, 0.1) is 0 Å². The summed E-state index contributed by atoms with van der Waals surface area (Å²) in [5, 5.41) is 0. The van der Waals surface area contributed by atoms with Crippen molar-refractivity contribution in [3.8, 4) is 0 Å². The average Bonchev–Trinajstić information content (AvgIpc) is 2.77. The van der Waals surface area contributed by atoms with Crippen LogP contribution in [0.5, 0.6) is 0 Å². The highest BCUT2D eigenvalue weighted by Gasteiger charge is 2.27. The van der Waals surface area contributed by atoms with Crippen LogP contribution in [0.2, 0.25) is 0 Å². The van der Waals surface area contributed by atoms with E-state index >= 15 is 0 Å². The third-order valence-electron chi connectivity index (χ3n) is 4.30. The maximum Gasteiger partial charge on any atom is 0.327 e. The quantitative estimate of drug-likeness (QED) is 0.150. The van der Waals surface area contributed by atoms with Gasteiger partial charge in [0, 0.05) is 18.1 Å².